The van der Waals surface area contributed by atoms with Gasteiger partial charge in [-0.05, 0) is 37.5 Å². The van der Waals surface area contributed by atoms with Crippen molar-refractivity contribution in [1.82, 2.24) is 20.0 Å². The molecule has 1 saturated heterocycles. The van der Waals surface area contributed by atoms with E-state index in [1.54, 1.807) is 0 Å². The van der Waals surface area contributed by atoms with E-state index >= 15 is 0 Å². The minimum Gasteiger partial charge on any atom is -0.341 e. The maximum Gasteiger partial charge on any atom is 0.126 e. The molecular weight excluding hydrogens is 364 g/mol. The van der Waals surface area contributed by atoms with Crippen molar-refractivity contribution in [2.75, 3.05) is 6.54 Å². The van der Waals surface area contributed by atoms with Crippen LogP contribution in [-0.4, -0.2) is 31.9 Å². The highest BCUT2D eigenvalue weighted by Gasteiger charge is 2.38. The van der Waals surface area contributed by atoms with Gasteiger partial charge in [-0.25, -0.2) is 9.99 Å². The molecule has 0 bridgehead atoms. The Hall–Kier alpha value is -2.50. The third kappa shape index (κ3) is 2.95. The molecule has 3 heterocycles. The highest BCUT2D eigenvalue weighted by Crippen LogP contribution is 2.44. The minimum absolute atomic E-state index is 0.189. The molecule has 5 rings (SSSR count). The molecule has 0 radical (unpaired) electrons. The Bertz CT molecular complexity index is 1070. The van der Waals surface area contributed by atoms with Crippen LogP contribution in [0.25, 0.3) is 15.9 Å². The van der Waals surface area contributed by atoms with Gasteiger partial charge in [-0.2, -0.15) is 0 Å². The number of thioether (sulfide) groups is 1. The van der Waals surface area contributed by atoms with Gasteiger partial charge in [0.05, 0.1) is 22.4 Å². The van der Waals surface area contributed by atoms with Gasteiger partial charge in [0.15, 0.2) is 0 Å². The molecule has 142 valence electrons. The summed E-state index contributed by atoms with van der Waals surface area (Å²) in [6.45, 7) is 9.53. The Kier molecular flexibility index (Phi) is 4.29. The highest BCUT2D eigenvalue weighted by molar-refractivity contribution is 8.09. The molecule has 4 nitrogen and oxygen atoms in total. The number of nitrogens with zero attached hydrogens (tertiary/aromatic N) is 3. The fourth-order valence-corrected chi connectivity index (χ4v) is 5.24. The zero-order valence-corrected chi connectivity index (χ0v) is 17.0. The van der Waals surface area contributed by atoms with Crippen LogP contribution in [0, 0.1) is 6.92 Å². The smallest absolute Gasteiger partial charge is 0.126 e. The van der Waals surface area contributed by atoms with E-state index in [-0.39, 0.29) is 6.04 Å². The number of aromatic nitrogens is 2. The van der Waals surface area contributed by atoms with Crippen molar-refractivity contribution in [2.45, 2.75) is 31.7 Å². The average molecular weight is 389 g/mol. The van der Waals surface area contributed by atoms with Gasteiger partial charge in [0.2, 0.25) is 0 Å². The highest BCUT2D eigenvalue weighted by atomic mass is 32.2. The summed E-state index contributed by atoms with van der Waals surface area (Å²) in [6.07, 6.45) is 3.21. The van der Waals surface area contributed by atoms with Gasteiger partial charge in [0, 0.05) is 17.6 Å². The first-order valence-electron chi connectivity index (χ1n) is 9.71. The van der Waals surface area contributed by atoms with Crippen LogP contribution in [0.2, 0.25) is 0 Å². The predicted molar refractivity (Wildman–Crippen MR) is 117 cm³/mol. The quantitative estimate of drug-likeness (QED) is 0.602. The lowest BCUT2D eigenvalue weighted by Crippen LogP contribution is -2.41. The minimum atomic E-state index is 0.189. The summed E-state index contributed by atoms with van der Waals surface area (Å²) in [6, 6.07) is 17.1. The largest absolute Gasteiger partial charge is 0.341 e. The summed E-state index contributed by atoms with van der Waals surface area (Å²) in [7, 11) is 0. The molecule has 2 aliphatic rings. The van der Waals surface area contributed by atoms with Crippen LogP contribution >= 0.6 is 11.8 Å². The third-order valence-corrected chi connectivity index (χ3v) is 6.70. The Morgan fingerprint density at radius 2 is 1.96 bits per heavy atom. The van der Waals surface area contributed by atoms with Gasteiger partial charge in [-0.1, -0.05) is 66.4 Å². The molecule has 28 heavy (non-hydrogen) atoms. The molecule has 5 heteroatoms. The van der Waals surface area contributed by atoms with Crippen LogP contribution in [0.1, 0.15) is 36.3 Å². The first-order valence-corrected chi connectivity index (χ1v) is 10.6. The number of hydrogen-bond acceptors (Lipinski definition) is 4. The van der Waals surface area contributed by atoms with Crippen LogP contribution in [0.4, 0.5) is 0 Å². The summed E-state index contributed by atoms with van der Waals surface area (Å²) in [5, 5.41) is 5.13. The average Bonchev–Trinajstić information content (AvgIpc) is 3.39. The number of rotatable bonds is 3. The van der Waals surface area contributed by atoms with Crippen molar-refractivity contribution in [3.8, 4) is 0 Å². The maximum absolute atomic E-state index is 4.96. The number of imidazole rings is 1. The first-order chi connectivity index (χ1) is 13.6. The predicted octanol–water partition coefficient (Wildman–Crippen LogP) is 5.48. The van der Waals surface area contributed by atoms with E-state index in [4.69, 9.17) is 4.98 Å². The molecule has 0 spiro atoms. The Labute approximate surface area is 169 Å². The molecule has 0 amide bonds. The van der Waals surface area contributed by atoms with Crippen molar-refractivity contribution < 1.29 is 0 Å². The Balaban J connectivity index is 1.50. The molecule has 2 aliphatic heterocycles. The molecule has 1 aromatic heterocycles. The maximum atomic E-state index is 4.96. The molecule has 0 aliphatic carbocycles. The summed E-state index contributed by atoms with van der Waals surface area (Å²) in [5.74, 6) is 1.03. The normalized spacial score (nSPS) is 23.0. The van der Waals surface area contributed by atoms with Crippen molar-refractivity contribution in [3.05, 3.63) is 83.8 Å². The summed E-state index contributed by atoms with van der Waals surface area (Å²) < 4.78 is 0. The van der Waals surface area contributed by atoms with Crippen molar-refractivity contribution >= 4 is 27.7 Å². The summed E-state index contributed by atoms with van der Waals surface area (Å²) in [4.78, 5) is 9.83. The zero-order chi connectivity index (χ0) is 19.3. The number of benzene rings is 2. The van der Waals surface area contributed by atoms with Crippen molar-refractivity contribution in [1.29, 1.82) is 0 Å². The Morgan fingerprint density at radius 1 is 1.14 bits per heavy atom. The lowest BCUT2D eigenvalue weighted by Gasteiger charge is -2.35. The van der Waals surface area contributed by atoms with E-state index in [0.717, 1.165) is 29.8 Å². The van der Waals surface area contributed by atoms with Crippen molar-refractivity contribution in [2.24, 2.45) is 0 Å². The van der Waals surface area contributed by atoms with E-state index in [0.29, 0.717) is 5.37 Å². The molecule has 1 fully saturated rings. The Morgan fingerprint density at radius 3 is 2.75 bits per heavy atom. The van der Waals surface area contributed by atoms with Gasteiger partial charge in [-0.15, -0.1) is 0 Å². The number of hydrogen-bond donors (Lipinski definition) is 1. The van der Waals surface area contributed by atoms with Crippen LogP contribution in [0.3, 0.4) is 0 Å². The van der Waals surface area contributed by atoms with Crippen LogP contribution in [-0.2, 0) is 0 Å². The first kappa shape index (κ1) is 17.6. The molecule has 2 aromatic carbocycles. The van der Waals surface area contributed by atoms with Gasteiger partial charge in [-0.3, -0.25) is 5.01 Å². The topological polar surface area (TPSA) is 35.2 Å². The van der Waals surface area contributed by atoms with E-state index in [1.165, 1.54) is 21.6 Å². The number of aromatic amines is 1. The molecule has 3 aromatic rings. The SMILES string of the molecule is C=C1C[C@@H](c2nc3c(C)cccc3[nH]2)N(N2C=C(c3ccccc3)SC2C)C1. The lowest BCUT2D eigenvalue weighted by molar-refractivity contribution is 0.00422. The summed E-state index contributed by atoms with van der Waals surface area (Å²) >= 11 is 1.90. The fourth-order valence-electron chi connectivity index (χ4n) is 4.14. The van der Waals surface area contributed by atoms with Gasteiger partial charge in [0.25, 0.3) is 0 Å². The molecular formula is C23H24N4S. The molecule has 1 unspecified atom stereocenters. The fraction of sp³-hybridized carbons (Fsp3) is 0.261. The second-order valence-corrected chi connectivity index (χ2v) is 8.97. The second-order valence-electron chi connectivity index (χ2n) is 7.62. The number of hydrazine groups is 1. The number of aryl methyl sites for hydroxylation is 1. The van der Waals surface area contributed by atoms with E-state index < -0.39 is 0 Å². The van der Waals surface area contributed by atoms with Crippen LogP contribution in [0.15, 0.2) is 66.9 Å². The number of para-hydroxylation sites is 1. The van der Waals surface area contributed by atoms with Gasteiger partial charge in [0.1, 0.15) is 5.82 Å². The standard InChI is InChI=1S/C23H24N4S/c1-15-12-20(23-24-19-11-7-8-16(2)22(19)25-23)27(13-15)26-14-21(28-17(26)3)18-9-5-4-6-10-18/h4-11,14,17,20H,1,12-13H2,2-3H3,(H,24,25)/t17?,20-/m0/s1. The third-order valence-electron chi connectivity index (χ3n) is 5.55. The van der Waals surface area contributed by atoms with Crippen molar-refractivity contribution in [3.63, 3.8) is 0 Å². The van der Waals surface area contributed by atoms with E-state index in [1.807, 2.05) is 11.8 Å². The molecule has 1 N–H and O–H groups in total. The number of fused-ring (bicyclic) bond motifs is 1. The summed E-state index contributed by atoms with van der Waals surface area (Å²) in [5.41, 5.74) is 5.91. The van der Waals surface area contributed by atoms with Gasteiger partial charge >= 0.3 is 0 Å². The van der Waals surface area contributed by atoms with Gasteiger partial charge < -0.3 is 4.98 Å². The monoisotopic (exact) mass is 388 g/mol. The number of H-pyrrole nitrogens is 1. The van der Waals surface area contributed by atoms with Crippen LogP contribution < -0.4 is 0 Å². The molecule has 0 saturated carbocycles. The lowest BCUT2D eigenvalue weighted by atomic mass is 10.2. The molecule has 2 atom stereocenters. The second kappa shape index (κ2) is 6.83. The van der Waals surface area contributed by atoms with E-state index in [9.17, 15) is 0 Å². The zero-order valence-electron chi connectivity index (χ0n) is 16.2. The number of nitrogens with one attached hydrogen (secondary N) is 1. The van der Waals surface area contributed by atoms with E-state index in [2.05, 4.69) is 90.2 Å². The van der Waals surface area contributed by atoms with Crippen LogP contribution in [0.5, 0.6) is 0 Å².